The molecule has 86 valence electrons. The third kappa shape index (κ3) is 3.15. The van der Waals surface area contributed by atoms with Crippen molar-refractivity contribution in [3.8, 4) is 0 Å². The molecule has 6 heteroatoms. The van der Waals surface area contributed by atoms with Crippen LogP contribution >= 0.6 is 11.6 Å². The molecule has 1 heterocycles. The highest BCUT2D eigenvalue weighted by Crippen LogP contribution is 2.16. The van der Waals surface area contributed by atoms with Crippen LogP contribution in [0.3, 0.4) is 0 Å². The first kappa shape index (κ1) is 11.3. The molecular formula is C11H10ClN5. The average molecular weight is 248 g/mol. The van der Waals surface area contributed by atoms with Gasteiger partial charge in [-0.3, -0.25) is 5.43 Å². The fourth-order valence-corrected chi connectivity index (χ4v) is 1.33. The maximum Gasteiger partial charge on any atom is 0.192 e. The van der Waals surface area contributed by atoms with E-state index in [1.165, 1.54) is 6.07 Å². The van der Waals surface area contributed by atoms with Crippen molar-refractivity contribution in [2.24, 2.45) is 5.10 Å². The molecule has 0 atom stereocenters. The summed E-state index contributed by atoms with van der Waals surface area (Å²) in [7, 11) is 0. The SMILES string of the molecule is Nc1cc(Cl)nnc1N/N=C\c1ccccc1. The van der Waals surface area contributed by atoms with Gasteiger partial charge in [0.2, 0.25) is 0 Å². The largest absolute Gasteiger partial charge is 0.396 e. The van der Waals surface area contributed by atoms with Crippen molar-refractivity contribution in [2.75, 3.05) is 11.2 Å². The first-order chi connectivity index (χ1) is 8.25. The molecule has 17 heavy (non-hydrogen) atoms. The number of anilines is 2. The Kier molecular flexibility index (Phi) is 3.52. The molecule has 3 N–H and O–H groups in total. The van der Waals surface area contributed by atoms with Crippen molar-refractivity contribution in [1.29, 1.82) is 0 Å². The Hall–Kier alpha value is -2.14. The Bertz CT molecular complexity index is 527. The lowest BCUT2D eigenvalue weighted by atomic mass is 10.2. The van der Waals surface area contributed by atoms with Gasteiger partial charge < -0.3 is 5.73 Å². The molecule has 1 aromatic carbocycles. The van der Waals surface area contributed by atoms with Crippen molar-refractivity contribution in [1.82, 2.24) is 10.2 Å². The fraction of sp³-hybridized carbons (Fsp3) is 0. The number of hydrogen-bond acceptors (Lipinski definition) is 5. The van der Waals surface area contributed by atoms with E-state index in [4.69, 9.17) is 17.3 Å². The van der Waals surface area contributed by atoms with Crippen LogP contribution in [0.15, 0.2) is 41.5 Å². The molecule has 0 saturated carbocycles. The van der Waals surface area contributed by atoms with E-state index < -0.39 is 0 Å². The quantitative estimate of drug-likeness (QED) is 0.644. The molecule has 0 saturated heterocycles. The third-order valence-electron chi connectivity index (χ3n) is 1.98. The Balaban J connectivity index is 2.05. The third-order valence-corrected chi connectivity index (χ3v) is 2.16. The Morgan fingerprint density at radius 2 is 2.00 bits per heavy atom. The van der Waals surface area contributed by atoms with Gasteiger partial charge in [-0.1, -0.05) is 41.9 Å². The number of rotatable bonds is 3. The molecule has 0 radical (unpaired) electrons. The van der Waals surface area contributed by atoms with E-state index in [9.17, 15) is 0 Å². The van der Waals surface area contributed by atoms with Crippen molar-refractivity contribution in [3.05, 3.63) is 47.1 Å². The smallest absolute Gasteiger partial charge is 0.192 e. The molecule has 0 aliphatic rings. The van der Waals surface area contributed by atoms with Gasteiger partial charge in [-0.2, -0.15) is 5.10 Å². The van der Waals surface area contributed by atoms with Crippen LogP contribution in [-0.4, -0.2) is 16.4 Å². The minimum atomic E-state index is 0.250. The minimum absolute atomic E-state index is 0.250. The summed E-state index contributed by atoms with van der Waals surface area (Å²) in [5, 5.41) is 11.7. The number of nitrogen functional groups attached to an aromatic ring is 1. The number of nitrogens with zero attached hydrogens (tertiary/aromatic N) is 3. The summed E-state index contributed by atoms with van der Waals surface area (Å²) >= 11 is 5.63. The first-order valence-corrected chi connectivity index (χ1v) is 5.26. The highest BCUT2D eigenvalue weighted by molar-refractivity contribution is 6.29. The maximum absolute atomic E-state index is 5.68. The number of nitrogens with one attached hydrogen (secondary N) is 1. The zero-order chi connectivity index (χ0) is 12.1. The molecule has 0 fully saturated rings. The van der Waals surface area contributed by atoms with Crippen LogP contribution in [0.4, 0.5) is 11.5 Å². The summed E-state index contributed by atoms with van der Waals surface area (Å²) in [4.78, 5) is 0. The van der Waals surface area contributed by atoms with E-state index in [-0.39, 0.29) is 5.15 Å². The second kappa shape index (κ2) is 5.27. The predicted molar refractivity (Wildman–Crippen MR) is 69.1 cm³/mol. The number of aromatic nitrogens is 2. The number of nitrogens with two attached hydrogens (primary N) is 1. The molecule has 2 rings (SSSR count). The molecule has 0 bridgehead atoms. The highest BCUT2D eigenvalue weighted by atomic mass is 35.5. The topological polar surface area (TPSA) is 76.2 Å². The lowest BCUT2D eigenvalue weighted by Crippen LogP contribution is -2.00. The van der Waals surface area contributed by atoms with Crippen LogP contribution in [0.2, 0.25) is 5.15 Å². The van der Waals surface area contributed by atoms with Gasteiger partial charge in [0.05, 0.1) is 11.9 Å². The van der Waals surface area contributed by atoms with Gasteiger partial charge in [0, 0.05) is 6.07 Å². The van der Waals surface area contributed by atoms with Crippen molar-refractivity contribution < 1.29 is 0 Å². The summed E-state index contributed by atoms with van der Waals surface area (Å²) in [6.07, 6.45) is 1.66. The molecule has 0 amide bonds. The van der Waals surface area contributed by atoms with Gasteiger partial charge in [-0.15, -0.1) is 10.2 Å². The van der Waals surface area contributed by atoms with Crippen molar-refractivity contribution in [2.45, 2.75) is 0 Å². The van der Waals surface area contributed by atoms with Gasteiger partial charge in [0.1, 0.15) is 0 Å². The molecule has 0 aliphatic carbocycles. The summed E-state index contributed by atoms with van der Waals surface area (Å²) < 4.78 is 0. The van der Waals surface area contributed by atoms with Crippen LogP contribution < -0.4 is 11.2 Å². The summed E-state index contributed by atoms with van der Waals surface area (Å²) in [5.74, 6) is 0.376. The Morgan fingerprint density at radius 3 is 2.71 bits per heavy atom. The minimum Gasteiger partial charge on any atom is -0.396 e. The first-order valence-electron chi connectivity index (χ1n) is 4.88. The number of halogens is 1. The van der Waals surface area contributed by atoms with Crippen molar-refractivity contribution >= 4 is 29.3 Å². The van der Waals surface area contributed by atoms with E-state index in [1.807, 2.05) is 30.3 Å². The summed E-state index contributed by atoms with van der Waals surface area (Å²) in [5.41, 5.74) is 9.75. The van der Waals surface area contributed by atoms with E-state index in [0.717, 1.165) is 5.56 Å². The van der Waals surface area contributed by atoms with Gasteiger partial charge >= 0.3 is 0 Å². The van der Waals surface area contributed by atoms with Crippen LogP contribution in [0, 0.1) is 0 Å². The van der Waals surface area contributed by atoms with E-state index in [2.05, 4.69) is 20.7 Å². The van der Waals surface area contributed by atoms with Gasteiger partial charge in [-0.05, 0) is 5.56 Å². The predicted octanol–water partition coefficient (Wildman–Crippen LogP) is 2.16. The van der Waals surface area contributed by atoms with Crippen molar-refractivity contribution in [3.63, 3.8) is 0 Å². The van der Waals surface area contributed by atoms with E-state index in [1.54, 1.807) is 6.21 Å². The second-order valence-electron chi connectivity index (χ2n) is 3.25. The summed E-state index contributed by atoms with van der Waals surface area (Å²) in [6.45, 7) is 0. The Morgan fingerprint density at radius 1 is 1.24 bits per heavy atom. The van der Waals surface area contributed by atoms with Crippen LogP contribution in [0.1, 0.15) is 5.56 Å². The van der Waals surface area contributed by atoms with Crippen LogP contribution in [0.5, 0.6) is 0 Å². The molecule has 2 aromatic rings. The average Bonchev–Trinajstić information content (AvgIpc) is 2.33. The standard InChI is InChI=1S/C11H10ClN5/c12-10-6-9(13)11(17-15-10)16-14-7-8-4-2-1-3-5-8/h1-7H,(H2,13,15)(H,16,17)/b14-7-. The van der Waals surface area contributed by atoms with Crippen LogP contribution in [0.25, 0.3) is 0 Å². The molecule has 5 nitrogen and oxygen atoms in total. The maximum atomic E-state index is 5.68. The highest BCUT2D eigenvalue weighted by Gasteiger charge is 2.00. The van der Waals surface area contributed by atoms with Crippen LogP contribution in [-0.2, 0) is 0 Å². The normalized spacial score (nSPS) is 10.6. The number of hydrogen-bond donors (Lipinski definition) is 2. The molecule has 1 aromatic heterocycles. The monoisotopic (exact) mass is 247 g/mol. The molecule has 0 aliphatic heterocycles. The molecule has 0 spiro atoms. The van der Waals surface area contributed by atoms with E-state index in [0.29, 0.717) is 11.5 Å². The van der Waals surface area contributed by atoms with Gasteiger partial charge in [0.15, 0.2) is 11.0 Å². The lowest BCUT2D eigenvalue weighted by molar-refractivity contribution is 1.02. The Labute approximate surface area is 103 Å². The fourth-order valence-electron chi connectivity index (χ4n) is 1.18. The number of hydrazone groups is 1. The molecule has 0 unspecified atom stereocenters. The van der Waals surface area contributed by atoms with Gasteiger partial charge in [0.25, 0.3) is 0 Å². The summed E-state index contributed by atoms with van der Waals surface area (Å²) in [6, 6.07) is 11.2. The number of benzene rings is 1. The lowest BCUT2D eigenvalue weighted by Gasteiger charge is -2.01. The molecular weight excluding hydrogens is 238 g/mol. The second-order valence-corrected chi connectivity index (χ2v) is 3.64. The van der Waals surface area contributed by atoms with E-state index >= 15 is 0 Å². The zero-order valence-electron chi connectivity index (χ0n) is 8.84. The van der Waals surface area contributed by atoms with Gasteiger partial charge in [-0.25, -0.2) is 0 Å². The zero-order valence-corrected chi connectivity index (χ0v) is 9.59.